The van der Waals surface area contributed by atoms with E-state index in [0.29, 0.717) is 13.0 Å². The monoisotopic (exact) mass is 502 g/mol. The molecule has 2 unspecified atom stereocenters. The summed E-state index contributed by atoms with van der Waals surface area (Å²) in [5.74, 6) is -1.35. The maximum atomic E-state index is 14.3. The third kappa shape index (κ3) is 5.05. The van der Waals surface area contributed by atoms with Gasteiger partial charge in [0.1, 0.15) is 11.9 Å². The topological polar surface area (TPSA) is 76.5 Å². The van der Waals surface area contributed by atoms with E-state index < -0.39 is 29.7 Å². The van der Waals surface area contributed by atoms with Crippen molar-refractivity contribution >= 4 is 23.5 Å². The van der Waals surface area contributed by atoms with Crippen LogP contribution in [0.3, 0.4) is 0 Å². The normalized spacial score (nSPS) is 20.4. The van der Waals surface area contributed by atoms with Crippen molar-refractivity contribution in [1.29, 1.82) is 0 Å². The summed E-state index contributed by atoms with van der Waals surface area (Å²) in [7, 11) is 1.29. The summed E-state index contributed by atoms with van der Waals surface area (Å²) in [6.07, 6.45) is -4.07. The summed E-state index contributed by atoms with van der Waals surface area (Å²) < 4.78 is 61.0. The third-order valence-electron chi connectivity index (χ3n) is 6.27. The highest BCUT2D eigenvalue weighted by Gasteiger charge is 2.41. The van der Waals surface area contributed by atoms with E-state index in [-0.39, 0.29) is 66.1 Å². The zero-order valence-corrected chi connectivity index (χ0v) is 19.0. The van der Waals surface area contributed by atoms with Gasteiger partial charge in [-0.3, -0.25) is 14.3 Å². The van der Waals surface area contributed by atoms with E-state index in [2.05, 4.69) is 10.4 Å². The summed E-state index contributed by atoms with van der Waals surface area (Å²) in [4.78, 5) is 26.1. The number of nitrogens with one attached hydrogen (secondary N) is 1. The Labute approximate surface area is 198 Å². The van der Waals surface area contributed by atoms with Gasteiger partial charge in [-0.15, -0.1) is 0 Å². The van der Waals surface area contributed by atoms with Gasteiger partial charge in [-0.1, -0.05) is 17.7 Å². The Morgan fingerprint density at radius 1 is 1.32 bits per heavy atom. The van der Waals surface area contributed by atoms with Crippen LogP contribution in [0.1, 0.15) is 35.4 Å². The lowest BCUT2D eigenvalue weighted by atomic mass is 9.99. The number of halogens is 5. The smallest absolute Gasteiger partial charge is 0.435 e. The second-order valence-corrected chi connectivity index (χ2v) is 8.96. The van der Waals surface area contributed by atoms with Crippen molar-refractivity contribution in [2.75, 3.05) is 20.2 Å². The molecule has 1 aromatic heterocycles. The molecule has 0 bridgehead atoms. The van der Waals surface area contributed by atoms with Gasteiger partial charge in [0.25, 0.3) is 0 Å². The number of hydrogen-bond acceptors (Lipinski definition) is 5. The Bertz CT molecular complexity index is 1100. The Kier molecular flexibility index (Phi) is 6.86. The van der Waals surface area contributed by atoms with Gasteiger partial charge in [0.15, 0.2) is 5.69 Å². The molecule has 2 aromatic rings. The van der Waals surface area contributed by atoms with Crippen molar-refractivity contribution in [2.45, 2.75) is 44.6 Å². The minimum absolute atomic E-state index is 0.00722. The quantitative estimate of drug-likeness (QED) is 0.502. The molecule has 34 heavy (non-hydrogen) atoms. The van der Waals surface area contributed by atoms with E-state index >= 15 is 0 Å². The predicted octanol–water partition coefficient (Wildman–Crippen LogP) is 3.17. The van der Waals surface area contributed by atoms with Crippen LogP contribution >= 0.6 is 11.6 Å². The molecule has 2 aliphatic rings. The highest BCUT2D eigenvalue weighted by atomic mass is 35.5. The third-order valence-corrected chi connectivity index (χ3v) is 6.50. The molecule has 7 nitrogen and oxygen atoms in total. The summed E-state index contributed by atoms with van der Waals surface area (Å²) in [6.45, 7) is 0.303. The van der Waals surface area contributed by atoms with E-state index in [9.17, 15) is 27.2 Å². The van der Waals surface area contributed by atoms with Gasteiger partial charge in [0, 0.05) is 29.1 Å². The predicted molar refractivity (Wildman–Crippen MR) is 113 cm³/mol. The molecular weight excluding hydrogens is 480 g/mol. The van der Waals surface area contributed by atoms with Gasteiger partial charge < -0.3 is 15.0 Å². The van der Waals surface area contributed by atoms with E-state index in [0.717, 1.165) is 10.7 Å². The Balaban J connectivity index is 1.53. The van der Waals surface area contributed by atoms with Gasteiger partial charge in [-0.05, 0) is 37.4 Å². The fourth-order valence-corrected chi connectivity index (χ4v) is 4.68. The number of carbonyl (C=O) groups is 2. The second kappa shape index (κ2) is 9.53. The van der Waals surface area contributed by atoms with Crippen molar-refractivity contribution < 1.29 is 31.9 Å². The summed E-state index contributed by atoms with van der Waals surface area (Å²) in [6, 6.07) is 3.47. The Hall–Kier alpha value is -2.66. The largest absolute Gasteiger partial charge is 0.468 e. The van der Waals surface area contributed by atoms with Gasteiger partial charge in [0.05, 0.1) is 25.9 Å². The Morgan fingerprint density at radius 2 is 2.09 bits per heavy atom. The minimum atomic E-state index is -4.67. The molecule has 0 saturated carbocycles. The number of carbonyl (C=O) groups excluding carboxylic acids is 2. The number of benzene rings is 1. The van der Waals surface area contributed by atoms with Crippen LogP contribution in [0.2, 0.25) is 5.02 Å². The fraction of sp³-hybridized carbons (Fsp3) is 0.500. The van der Waals surface area contributed by atoms with Crippen LogP contribution in [0.15, 0.2) is 18.2 Å². The van der Waals surface area contributed by atoms with Crippen molar-refractivity contribution in [1.82, 2.24) is 20.0 Å². The molecule has 0 radical (unpaired) electrons. The van der Waals surface area contributed by atoms with Crippen molar-refractivity contribution in [3.05, 3.63) is 51.6 Å². The minimum Gasteiger partial charge on any atom is -0.468 e. The first kappa shape index (κ1) is 24.5. The van der Waals surface area contributed by atoms with Gasteiger partial charge in [-0.2, -0.15) is 18.3 Å². The van der Waals surface area contributed by atoms with E-state index in [1.54, 1.807) is 0 Å². The Morgan fingerprint density at radius 3 is 2.76 bits per heavy atom. The number of esters is 1. The average Bonchev–Trinajstić information content (AvgIpc) is 3.39. The summed E-state index contributed by atoms with van der Waals surface area (Å²) >= 11 is 5.77. The van der Waals surface area contributed by atoms with Crippen LogP contribution in [0.5, 0.6) is 0 Å². The fourth-order valence-electron chi connectivity index (χ4n) is 4.53. The summed E-state index contributed by atoms with van der Waals surface area (Å²) in [5, 5.41) is 6.94. The number of fused-ring (bicyclic) bond motifs is 1. The van der Waals surface area contributed by atoms with E-state index in [1.807, 2.05) is 0 Å². The van der Waals surface area contributed by atoms with E-state index in [4.69, 9.17) is 16.3 Å². The first-order valence-electron chi connectivity index (χ1n) is 10.8. The molecule has 1 aromatic carbocycles. The molecular formula is C22H23ClF4N4O3. The number of aromatic nitrogens is 2. The first-order valence-corrected chi connectivity index (χ1v) is 11.1. The van der Waals surface area contributed by atoms with Crippen LogP contribution in [-0.4, -0.2) is 52.8 Å². The van der Waals surface area contributed by atoms with Crippen molar-refractivity contribution in [3.63, 3.8) is 0 Å². The van der Waals surface area contributed by atoms with Gasteiger partial charge >= 0.3 is 12.1 Å². The molecule has 0 aliphatic carbocycles. The van der Waals surface area contributed by atoms with Crippen LogP contribution in [0.25, 0.3) is 0 Å². The average molecular weight is 503 g/mol. The number of nitrogens with zero attached hydrogens (tertiary/aromatic N) is 3. The van der Waals surface area contributed by atoms with E-state index in [1.165, 1.54) is 24.1 Å². The standard InChI is InChI=1S/C22H23ClF4N4O3/c1-34-21(33)17-6-12(9-28-17)7-19(32)30-5-4-15-18(11-30)31(29-20(15)22(25,26)27)10-13-2-3-14(23)8-16(13)24/h2-3,8,12,17,28H,4-7,9-11H2,1H3. The lowest BCUT2D eigenvalue weighted by molar-refractivity contribution is -0.143. The van der Waals surface area contributed by atoms with Gasteiger partial charge in [0.2, 0.25) is 5.91 Å². The molecule has 3 heterocycles. The number of rotatable bonds is 5. The van der Waals surface area contributed by atoms with Gasteiger partial charge in [-0.25, -0.2) is 4.39 Å². The van der Waals surface area contributed by atoms with Crippen molar-refractivity contribution in [3.8, 4) is 0 Å². The second-order valence-electron chi connectivity index (χ2n) is 8.52. The van der Waals surface area contributed by atoms with Crippen LogP contribution in [0.4, 0.5) is 17.6 Å². The number of hydrogen-bond donors (Lipinski definition) is 1. The molecule has 2 aliphatic heterocycles. The maximum Gasteiger partial charge on any atom is 0.435 e. The lowest BCUT2D eigenvalue weighted by Crippen LogP contribution is -2.38. The molecule has 1 fully saturated rings. The zero-order valence-electron chi connectivity index (χ0n) is 18.3. The highest BCUT2D eigenvalue weighted by Crippen LogP contribution is 2.36. The zero-order chi connectivity index (χ0) is 24.6. The highest BCUT2D eigenvalue weighted by molar-refractivity contribution is 6.30. The molecule has 184 valence electrons. The lowest BCUT2D eigenvalue weighted by Gasteiger charge is -2.29. The number of amides is 1. The molecule has 1 amide bonds. The number of ether oxygens (including phenoxy) is 1. The maximum absolute atomic E-state index is 14.3. The molecule has 2 atom stereocenters. The van der Waals surface area contributed by atoms with Crippen LogP contribution < -0.4 is 5.32 Å². The first-order chi connectivity index (χ1) is 16.1. The number of alkyl halides is 3. The molecule has 1 saturated heterocycles. The SMILES string of the molecule is COC(=O)C1CC(CC(=O)N2CCc3c(C(F)(F)F)nn(Cc4ccc(Cl)cc4F)c3C2)CN1. The molecule has 1 N–H and O–H groups in total. The molecule has 4 rings (SSSR count). The number of methoxy groups -OCH3 is 1. The molecule has 12 heteroatoms. The summed E-state index contributed by atoms with van der Waals surface area (Å²) in [5.41, 5.74) is -0.611. The van der Waals surface area contributed by atoms with Crippen LogP contribution in [-0.2, 0) is 40.0 Å². The van der Waals surface area contributed by atoms with Crippen molar-refractivity contribution in [2.24, 2.45) is 5.92 Å². The van der Waals surface area contributed by atoms with Crippen LogP contribution in [0, 0.1) is 11.7 Å². The molecule has 0 spiro atoms.